The predicted molar refractivity (Wildman–Crippen MR) is 119 cm³/mol. The number of rotatable bonds is 7. The summed E-state index contributed by atoms with van der Waals surface area (Å²) in [5, 5.41) is 8.85. The van der Waals surface area contributed by atoms with Crippen LogP contribution in [-0.2, 0) is 27.8 Å². The Labute approximate surface area is 189 Å². The number of carbonyl (C=O) groups excluding carboxylic acids is 1. The normalized spacial score (nSPS) is 17.7. The van der Waals surface area contributed by atoms with Gasteiger partial charge in [-0.05, 0) is 37.3 Å². The molecule has 0 saturated carbocycles. The summed E-state index contributed by atoms with van der Waals surface area (Å²) in [6.45, 7) is 4.75. The van der Waals surface area contributed by atoms with Gasteiger partial charge in [0.2, 0.25) is 27.6 Å². The van der Waals surface area contributed by atoms with Crippen molar-refractivity contribution >= 4 is 38.6 Å². The molecule has 0 radical (unpaired) electrons. The third-order valence-corrected chi connectivity index (χ3v) is 9.30. The Morgan fingerprint density at radius 2 is 2.26 bits per heavy atom. The number of carbonyl (C=O) groups is 1. The third kappa shape index (κ3) is 4.74. The van der Waals surface area contributed by atoms with Gasteiger partial charge in [0, 0.05) is 29.3 Å². The van der Waals surface area contributed by atoms with Gasteiger partial charge >= 0.3 is 0 Å². The quantitative estimate of drug-likeness (QED) is 0.555. The number of hydrogen-bond acceptors (Lipinski definition) is 8. The Hall–Kier alpha value is -2.08. The van der Waals surface area contributed by atoms with Crippen LogP contribution < -0.4 is 5.32 Å². The molecule has 31 heavy (non-hydrogen) atoms. The topological polar surface area (TPSA) is 105 Å². The van der Waals surface area contributed by atoms with E-state index in [-0.39, 0.29) is 23.3 Å². The number of nitrogens with zero attached hydrogens (tertiary/aromatic N) is 3. The second-order valence-electron chi connectivity index (χ2n) is 7.40. The summed E-state index contributed by atoms with van der Waals surface area (Å²) in [6, 6.07) is 5.52. The van der Waals surface area contributed by atoms with Gasteiger partial charge in [0.15, 0.2) is 0 Å². The molecule has 1 saturated heterocycles. The molecule has 166 valence electrons. The Morgan fingerprint density at radius 3 is 2.97 bits per heavy atom. The van der Waals surface area contributed by atoms with Crippen LogP contribution in [0.5, 0.6) is 0 Å². The zero-order valence-electron chi connectivity index (χ0n) is 17.3. The van der Waals surface area contributed by atoms with E-state index in [1.807, 2.05) is 24.4 Å². The van der Waals surface area contributed by atoms with Crippen LogP contribution >= 0.6 is 22.7 Å². The van der Waals surface area contributed by atoms with Crippen LogP contribution in [0.2, 0.25) is 0 Å². The van der Waals surface area contributed by atoms with Crippen LogP contribution in [0.25, 0.3) is 10.7 Å². The largest absolute Gasteiger partial charge is 0.351 e. The summed E-state index contributed by atoms with van der Waals surface area (Å²) in [7, 11) is -3.72. The fourth-order valence-corrected chi connectivity index (χ4v) is 7.23. The third-order valence-electron chi connectivity index (χ3n) is 5.25. The number of thiophene rings is 2. The highest BCUT2D eigenvalue weighted by molar-refractivity contribution is 7.89. The second-order valence-corrected chi connectivity index (χ2v) is 11.6. The molecule has 0 aromatic carbocycles. The number of nitrogens with one attached hydrogen (secondary N) is 1. The first-order valence-corrected chi connectivity index (χ1v) is 13.3. The summed E-state index contributed by atoms with van der Waals surface area (Å²) in [6.07, 6.45) is 1.95. The maximum Gasteiger partial charge on any atom is 0.244 e. The zero-order chi connectivity index (χ0) is 22.0. The zero-order valence-corrected chi connectivity index (χ0v) is 19.8. The Bertz CT molecular complexity index is 1150. The lowest BCUT2D eigenvalue weighted by Gasteiger charge is -2.31. The number of piperidine rings is 1. The van der Waals surface area contributed by atoms with Gasteiger partial charge in [-0.3, -0.25) is 4.79 Å². The Kier molecular flexibility index (Phi) is 6.56. The maximum atomic E-state index is 13.4. The summed E-state index contributed by atoms with van der Waals surface area (Å²) < 4.78 is 33.3. The average molecular weight is 481 g/mol. The maximum absolute atomic E-state index is 13.4. The van der Waals surface area contributed by atoms with Crippen molar-refractivity contribution in [3.05, 3.63) is 39.2 Å². The first kappa shape index (κ1) is 22.1. The smallest absolute Gasteiger partial charge is 0.244 e. The standard InChI is InChI=1S/C20H24N4O4S3/c1-3-18-22-19(23-28-18)16-10-17(13(2)30-16)31(26,27)24-8-4-6-14(12-24)20(25)21-11-15-7-5-9-29-15/h5,7,9-10,14H,3-4,6,8,11-12H2,1-2H3,(H,21,25)/t14-/m0/s1. The van der Waals surface area contributed by atoms with E-state index >= 15 is 0 Å². The van der Waals surface area contributed by atoms with E-state index in [4.69, 9.17) is 4.52 Å². The van der Waals surface area contributed by atoms with Crippen molar-refractivity contribution in [3.63, 3.8) is 0 Å². The van der Waals surface area contributed by atoms with Gasteiger partial charge in [0.25, 0.3) is 0 Å². The summed E-state index contributed by atoms with van der Waals surface area (Å²) in [5.41, 5.74) is 0. The van der Waals surface area contributed by atoms with E-state index in [2.05, 4.69) is 15.5 Å². The van der Waals surface area contributed by atoms with Crippen molar-refractivity contribution in [2.75, 3.05) is 13.1 Å². The first-order chi connectivity index (χ1) is 14.9. The molecule has 1 aliphatic rings. The number of aryl methyl sites for hydroxylation is 2. The van der Waals surface area contributed by atoms with Gasteiger partial charge in [-0.2, -0.15) is 9.29 Å². The van der Waals surface area contributed by atoms with E-state index in [1.54, 1.807) is 24.3 Å². The van der Waals surface area contributed by atoms with Crippen molar-refractivity contribution in [2.24, 2.45) is 5.92 Å². The van der Waals surface area contributed by atoms with Crippen LogP contribution in [0.3, 0.4) is 0 Å². The lowest BCUT2D eigenvalue weighted by molar-refractivity contribution is -0.126. The molecule has 3 aromatic rings. The minimum Gasteiger partial charge on any atom is -0.351 e. The van der Waals surface area contributed by atoms with E-state index in [1.165, 1.54) is 15.6 Å². The second kappa shape index (κ2) is 9.19. The van der Waals surface area contributed by atoms with Crippen LogP contribution in [0.1, 0.15) is 35.4 Å². The number of hydrogen-bond donors (Lipinski definition) is 1. The van der Waals surface area contributed by atoms with Gasteiger partial charge in [-0.25, -0.2) is 8.42 Å². The average Bonchev–Trinajstić information content (AvgIpc) is 3.52. The van der Waals surface area contributed by atoms with Crippen LogP contribution in [0.4, 0.5) is 0 Å². The van der Waals surface area contributed by atoms with E-state index in [9.17, 15) is 13.2 Å². The van der Waals surface area contributed by atoms with Crippen LogP contribution in [-0.4, -0.2) is 41.9 Å². The Balaban J connectivity index is 1.48. The number of sulfonamides is 1. The SMILES string of the molecule is CCc1nc(-c2cc(S(=O)(=O)N3CCC[C@H](C(=O)NCc4cccs4)C3)c(C)s2)no1. The van der Waals surface area contributed by atoms with Gasteiger partial charge in [0.05, 0.1) is 22.2 Å². The molecule has 8 nitrogen and oxygen atoms in total. The molecule has 11 heteroatoms. The number of aromatic nitrogens is 2. The molecule has 3 aromatic heterocycles. The predicted octanol–water partition coefficient (Wildman–Crippen LogP) is 3.45. The monoisotopic (exact) mass is 480 g/mol. The molecule has 4 heterocycles. The molecule has 4 rings (SSSR count). The highest BCUT2D eigenvalue weighted by atomic mass is 32.2. The molecule has 0 unspecified atom stereocenters. The minimum atomic E-state index is -3.72. The fraction of sp³-hybridized carbons (Fsp3) is 0.450. The lowest BCUT2D eigenvalue weighted by Crippen LogP contribution is -2.45. The van der Waals surface area contributed by atoms with Crippen molar-refractivity contribution in [3.8, 4) is 10.7 Å². The highest BCUT2D eigenvalue weighted by Gasteiger charge is 2.35. The lowest BCUT2D eigenvalue weighted by atomic mass is 9.99. The van der Waals surface area contributed by atoms with Crippen molar-refractivity contribution < 1.29 is 17.7 Å². The molecule has 1 aliphatic heterocycles. The highest BCUT2D eigenvalue weighted by Crippen LogP contribution is 2.35. The minimum absolute atomic E-state index is 0.102. The molecule has 1 fully saturated rings. The van der Waals surface area contributed by atoms with Gasteiger partial charge in [0.1, 0.15) is 0 Å². The van der Waals surface area contributed by atoms with Crippen LogP contribution in [0.15, 0.2) is 33.0 Å². The molecular weight excluding hydrogens is 456 g/mol. The van der Waals surface area contributed by atoms with Crippen LogP contribution in [0, 0.1) is 12.8 Å². The van der Waals surface area contributed by atoms with E-state index < -0.39 is 10.0 Å². The molecule has 0 aliphatic carbocycles. The summed E-state index contributed by atoms with van der Waals surface area (Å²) in [5.74, 6) is 0.454. The molecule has 1 amide bonds. The van der Waals surface area contributed by atoms with Crippen molar-refractivity contribution in [1.29, 1.82) is 0 Å². The first-order valence-electron chi connectivity index (χ1n) is 10.1. The summed E-state index contributed by atoms with van der Waals surface area (Å²) >= 11 is 2.91. The Morgan fingerprint density at radius 1 is 1.42 bits per heavy atom. The molecule has 1 N–H and O–H groups in total. The fourth-order valence-electron chi connectivity index (χ4n) is 3.58. The summed E-state index contributed by atoms with van der Waals surface area (Å²) in [4.78, 5) is 19.6. The van der Waals surface area contributed by atoms with E-state index in [0.717, 1.165) is 4.88 Å². The van der Waals surface area contributed by atoms with Crippen molar-refractivity contribution in [2.45, 2.75) is 44.6 Å². The molecule has 0 bridgehead atoms. The molecular formula is C20H24N4O4S3. The number of amides is 1. The van der Waals surface area contributed by atoms with Gasteiger partial charge in [-0.1, -0.05) is 18.1 Å². The van der Waals surface area contributed by atoms with E-state index in [0.29, 0.717) is 53.8 Å². The van der Waals surface area contributed by atoms with Crippen molar-refractivity contribution in [1.82, 2.24) is 19.8 Å². The molecule has 1 atom stereocenters. The van der Waals surface area contributed by atoms with Gasteiger partial charge in [-0.15, -0.1) is 22.7 Å². The molecule has 0 spiro atoms. The van der Waals surface area contributed by atoms with Gasteiger partial charge < -0.3 is 9.84 Å².